The Bertz CT molecular complexity index is 1570. The number of hydrogen-bond donors (Lipinski definition) is 2. The normalized spacial score (nSPS) is 14.1. The van der Waals surface area contributed by atoms with Crippen molar-refractivity contribution in [2.75, 3.05) is 40.9 Å². The second kappa shape index (κ2) is 63.4. The summed E-state index contributed by atoms with van der Waals surface area (Å²) in [5.41, 5.74) is 0. The van der Waals surface area contributed by atoms with E-state index in [-0.39, 0.29) is 12.5 Å². The Morgan fingerprint density at radius 3 is 1.13 bits per heavy atom. The van der Waals surface area contributed by atoms with Crippen molar-refractivity contribution in [2.45, 2.75) is 347 Å². The van der Waals surface area contributed by atoms with E-state index in [1.54, 1.807) is 6.08 Å². The Morgan fingerprint density at radius 1 is 0.439 bits per heavy atom. The molecule has 8 nitrogen and oxygen atoms in total. The van der Waals surface area contributed by atoms with Crippen LogP contribution in [0, 0.1) is 0 Å². The van der Waals surface area contributed by atoms with Crippen LogP contribution in [0.15, 0.2) is 72.9 Å². The van der Waals surface area contributed by atoms with E-state index >= 15 is 0 Å². The smallest absolute Gasteiger partial charge is 0.268 e. The maximum Gasteiger partial charge on any atom is 0.268 e. The summed E-state index contributed by atoms with van der Waals surface area (Å²) >= 11 is 0. The number of nitrogens with zero attached hydrogens (tertiary/aromatic N) is 1. The summed E-state index contributed by atoms with van der Waals surface area (Å²) in [6.07, 6.45) is 88.9. The third kappa shape index (κ3) is 65.5. The third-order valence-electron chi connectivity index (χ3n) is 15.9. The van der Waals surface area contributed by atoms with E-state index in [2.05, 4.69) is 79.9 Å². The zero-order chi connectivity index (χ0) is 59.8. The molecule has 0 aromatic carbocycles. The maximum atomic E-state index is 13.0. The minimum absolute atomic E-state index is 0.00653. The molecular weight excluding hydrogens is 1030 g/mol. The van der Waals surface area contributed by atoms with Gasteiger partial charge in [-0.3, -0.25) is 9.36 Å². The zero-order valence-electron chi connectivity index (χ0n) is 54.9. The number of unbranched alkanes of at least 4 members (excludes halogenated alkanes) is 42. The van der Waals surface area contributed by atoms with Crippen LogP contribution in [0.3, 0.4) is 0 Å². The monoisotopic (exact) mass is 1170 g/mol. The summed E-state index contributed by atoms with van der Waals surface area (Å²) in [5, 5.41) is 13.9. The van der Waals surface area contributed by atoms with Crippen LogP contribution in [0.25, 0.3) is 0 Å². The van der Waals surface area contributed by atoms with Crippen LogP contribution in [0.4, 0.5) is 0 Å². The number of amides is 1. The molecule has 2 N–H and O–H groups in total. The van der Waals surface area contributed by atoms with Gasteiger partial charge in [0.2, 0.25) is 5.91 Å². The quantitative estimate of drug-likeness (QED) is 0.0272. The van der Waals surface area contributed by atoms with Crippen molar-refractivity contribution in [3.63, 3.8) is 0 Å². The van der Waals surface area contributed by atoms with Gasteiger partial charge in [-0.25, -0.2) is 0 Å². The van der Waals surface area contributed by atoms with Crippen molar-refractivity contribution in [3.05, 3.63) is 72.9 Å². The van der Waals surface area contributed by atoms with Gasteiger partial charge in [0, 0.05) is 6.42 Å². The van der Waals surface area contributed by atoms with Crippen molar-refractivity contribution in [1.29, 1.82) is 0 Å². The first-order valence-electron chi connectivity index (χ1n) is 35.3. The number of hydrogen-bond acceptors (Lipinski definition) is 6. The van der Waals surface area contributed by atoms with Gasteiger partial charge in [0.15, 0.2) is 0 Å². The number of allylic oxidation sites excluding steroid dienone is 11. The minimum atomic E-state index is -4.61. The van der Waals surface area contributed by atoms with E-state index in [1.807, 2.05) is 27.2 Å². The van der Waals surface area contributed by atoms with Crippen LogP contribution < -0.4 is 10.2 Å². The number of carbonyl (C=O) groups excluding carboxylic acids is 1. The van der Waals surface area contributed by atoms with Gasteiger partial charge in [0.05, 0.1) is 39.9 Å². The molecule has 0 aliphatic rings. The summed E-state index contributed by atoms with van der Waals surface area (Å²) in [6.45, 7) is 4.56. The maximum absolute atomic E-state index is 13.0. The molecule has 3 atom stereocenters. The molecule has 9 heteroatoms. The fraction of sp³-hybridized carbons (Fsp3) is 0.822. The Kier molecular flexibility index (Phi) is 61.8. The fourth-order valence-corrected chi connectivity index (χ4v) is 11.2. The molecule has 3 unspecified atom stereocenters. The van der Waals surface area contributed by atoms with Crippen LogP contribution in [0.5, 0.6) is 0 Å². The molecule has 0 saturated heterocycles. The topological polar surface area (TPSA) is 108 Å². The molecule has 0 aliphatic heterocycles. The van der Waals surface area contributed by atoms with Gasteiger partial charge < -0.3 is 28.8 Å². The number of quaternary nitrogens is 1. The number of nitrogens with one attached hydrogen (secondary N) is 1. The molecule has 480 valence electrons. The molecule has 0 aromatic rings. The van der Waals surface area contributed by atoms with E-state index in [0.717, 1.165) is 64.2 Å². The number of aliphatic hydroxyl groups is 1. The Balaban J connectivity index is 4.07. The van der Waals surface area contributed by atoms with Crippen molar-refractivity contribution in [2.24, 2.45) is 0 Å². The standard InChI is InChI=1S/C73H137N2O6P/c1-6-8-10-12-14-16-18-20-22-24-26-28-30-32-34-35-36-37-38-39-41-43-45-47-49-51-53-55-57-59-61-63-65-67-73(77)74-71(70-81-82(78,79)80-69-68-75(3,4)5)72(76)66-64-62-60-58-56-54-52-50-48-46-44-42-40-33-31-29-27-25-23-21-19-17-15-13-11-9-7-2/h8,10,14,16,20,22,26,28,56,58,64,66,71-72,76H,6-7,9,11-13,15,17-19,21,23-25,27,29-55,57,59-63,65,67-70H2,1-5H3,(H-,74,77,78,79)/b10-8-,16-14-,22-20-,28-26-,58-56+,66-64+. The van der Waals surface area contributed by atoms with Gasteiger partial charge >= 0.3 is 0 Å². The van der Waals surface area contributed by atoms with Crippen LogP contribution in [0.2, 0.25) is 0 Å². The summed E-state index contributed by atoms with van der Waals surface area (Å²) in [5.74, 6) is -0.203. The van der Waals surface area contributed by atoms with Gasteiger partial charge in [-0.05, 0) is 70.6 Å². The highest BCUT2D eigenvalue weighted by Crippen LogP contribution is 2.38. The lowest BCUT2D eigenvalue weighted by Gasteiger charge is -2.29. The highest BCUT2D eigenvalue weighted by molar-refractivity contribution is 7.45. The summed E-state index contributed by atoms with van der Waals surface area (Å²) < 4.78 is 23.4. The molecule has 0 radical (unpaired) electrons. The average molecular weight is 1170 g/mol. The fourth-order valence-electron chi connectivity index (χ4n) is 10.5. The van der Waals surface area contributed by atoms with Gasteiger partial charge in [-0.15, -0.1) is 0 Å². The molecule has 0 rings (SSSR count). The number of carbonyl (C=O) groups is 1. The molecule has 0 aliphatic carbocycles. The van der Waals surface area contributed by atoms with Gasteiger partial charge in [0.1, 0.15) is 13.2 Å². The average Bonchev–Trinajstić information content (AvgIpc) is 3.47. The molecule has 1 amide bonds. The van der Waals surface area contributed by atoms with E-state index in [0.29, 0.717) is 17.4 Å². The highest BCUT2D eigenvalue weighted by atomic mass is 31.2. The summed E-state index contributed by atoms with van der Waals surface area (Å²) in [7, 11) is 1.25. The lowest BCUT2D eigenvalue weighted by Crippen LogP contribution is -2.45. The Labute approximate surface area is 510 Å². The predicted octanol–water partition coefficient (Wildman–Crippen LogP) is 21.9. The van der Waals surface area contributed by atoms with Crippen LogP contribution in [-0.4, -0.2) is 68.5 Å². The SMILES string of the molecule is CC/C=C\C/C=C\C/C=C\C/C=C\CCCCCCCCCCCCCCCCCCCCCCC(=O)NC(COP(=O)([O-])OCC[N+](C)(C)C)C(O)/C=C/CC/C=C/CCCCCCCCCCCCCCCCCCCCCCC. The molecule has 0 heterocycles. The number of likely N-dealkylation sites (N-methyl/N-ethyl adjacent to an activating group) is 1. The first-order valence-corrected chi connectivity index (χ1v) is 36.8. The van der Waals surface area contributed by atoms with E-state index in [4.69, 9.17) is 9.05 Å². The number of phosphoric acid groups is 1. The molecule has 0 fully saturated rings. The lowest BCUT2D eigenvalue weighted by atomic mass is 10.0. The summed E-state index contributed by atoms with van der Waals surface area (Å²) in [6, 6.07) is -0.906. The first-order chi connectivity index (χ1) is 40.0. The van der Waals surface area contributed by atoms with Crippen LogP contribution in [-0.2, 0) is 18.4 Å². The second-order valence-corrected chi connectivity index (χ2v) is 26.6. The highest BCUT2D eigenvalue weighted by Gasteiger charge is 2.23. The lowest BCUT2D eigenvalue weighted by molar-refractivity contribution is -0.870. The number of rotatable bonds is 65. The van der Waals surface area contributed by atoms with Gasteiger partial charge in [0.25, 0.3) is 7.82 Å². The van der Waals surface area contributed by atoms with Crippen LogP contribution >= 0.6 is 7.82 Å². The molecule has 0 bridgehead atoms. The molecule has 0 aromatic heterocycles. The number of aliphatic hydroxyl groups excluding tert-OH is 1. The Hall–Kier alpha value is -2.06. The molecular formula is C73H137N2O6P. The molecule has 0 spiro atoms. The van der Waals surface area contributed by atoms with Gasteiger partial charge in [-0.1, -0.05) is 331 Å². The summed E-state index contributed by atoms with van der Waals surface area (Å²) in [4.78, 5) is 25.6. The Morgan fingerprint density at radius 2 is 0.756 bits per heavy atom. The van der Waals surface area contributed by atoms with E-state index in [9.17, 15) is 19.4 Å². The first kappa shape index (κ1) is 79.9. The molecule has 82 heavy (non-hydrogen) atoms. The molecule has 0 saturated carbocycles. The predicted molar refractivity (Wildman–Crippen MR) is 357 cm³/mol. The van der Waals surface area contributed by atoms with Crippen molar-refractivity contribution < 1.29 is 32.9 Å². The van der Waals surface area contributed by atoms with E-state index in [1.165, 1.54) is 250 Å². The van der Waals surface area contributed by atoms with E-state index < -0.39 is 26.6 Å². The number of phosphoric ester groups is 1. The van der Waals surface area contributed by atoms with Crippen molar-refractivity contribution in [3.8, 4) is 0 Å². The van der Waals surface area contributed by atoms with Crippen LogP contribution in [0.1, 0.15) is 335 Å². The third-order valence-corrected chi connectivity index (χ3v) is 16.9. The minimum Gasteiger partial charge on any atom is -0.756 e. The zero-order valence-corrected chi connectivity index (χ0v) is 55.8. The van der Waals surface area contributed by atoms with Crippen molar-refractivity contribution in [1.82, 2.24) is 5.32 Å². The second-order valence-electron chi connectivity index (χ2n) is 25.2. The largest absolute Gasteiger partial charge is 0.756 e. The van der Waals surface area contributed by atoms with Gasteiger partial charge in [-0.2, -0.15) is 0 Å². The van der Waals surface area contributed by atoms with Crippen molar-refractivity contribution >= 4 is 13.7 Å².